The molecule has 0 bridgehead atoms. The molecule has 0 radical (unpaired) electrons. The molecule has 0 saturated heterocycles. The van der Waals surface area contributed by atoms with Crippen LogP contribution >= 0.6 is 0 Å². The van der Waals surface area contributed by atoms with Crippen LogP contribution in [0.5, 0.6) is 5.88 Å². The number of rotatable bonds is 2. The summed E-state index contributed by atoms with van der Waals surface area (Å²) < 4.78 is 6.24. The summed E-state index contributed by atoms with van der Waals surface area (Å²) in [7, 11) is 0. The van der Waals surface area contributed by atoms with Gasteiger partial charge in [-0.05, 0) is 18.9 Å². The summed E-state index contributed by atoms with van der Waals surface area (Å²) in [5, 5.41) is 4.00. The second kappa shape index (κ2) is 3.19. The average molecular weight is 218 g/mol. The summed E-state index contributed by atoms with van der Waals surface area (Å²) in [6, 6.07) is 3.53. The Morgan fingerprint density at radius 1 is 1.56 bits per heavy atom. The van der Waals surface area contributed by atoms with Crippen molar-refractivity contribution in [3.63, 3.8) is 0 Å². The van der Waals surface area contributed by atoms with E-state index < -0.39 is 6.09 Å². The molecule has 1 aliphatic rings. The van der Waals surface area contributed by atoms with E-state index in [4.69, 9.17) is 5.73 Å². The van der Waals surface area contributed by atoms with Crippen molar-refractivity contribution in [2.24, 2.45) is 5.73 Å². The van der Waals surface area contributed by atoms with Gasteiger partial charge in [-0.3, -0.25) is 0 Å². The highest BCUT2D eigenvalue weighted by Gasteiger charge is 2.25. The third-order valence-electron chi connectivity index (χ3n) is 2.52. The molecule has 2 aromatic heterocycles. The van der Waals surface area contributed by atoms with Gasteiger partial charge in [0.2, 0.25) is 5.88 Å². The monoisotopic (exact) mass is 218 g/mol. The number of aromatic nitrogens is 3. The molecular formula is C10H10N4O2. The molecule has 0 atom stereocenters. The van der Waals surface area contributed by atoms with Crippen molar-refractivity contribution in [3.8, 4) is 5.88 Å². The van der Waals surface area contributed by atoms with Crippen molar-refractivity contribution in [3.05, 3.63) is 24.0 Å². The van der Waals surface area contributed by atoms with Gasteiger partial charge in [-0.2, -0.15) is 0 Å². The van der Waals surface area contributed by atoms with Crippen LogP contribution in [-0.4, -0.2) is 20.7 Å². The first-order valence-corrected chi connectivity index (χ1v) is 5.06. The van der Waals surface area contributed by atoms with Crippen molar-refractivity contribution < 1.29 is 9.53 Å². The van der Waals surface area contributed by atoms with E-state index in [2.05, 4.69) is 14.8 Å². The zero-order valence-corrected chi connectivity index (χ0v) is 8.46. The highest BCUT2D eigenvalue weighted by molar-refractivity contribution is 5.68. The molecule has 3 rings (SSSR count). The maximum Gasteiger partial charge on any atom is 0.411 e. The highest BCUT2D eigenvalue weighted by Crippen LogP contribution is 2.38. The maximum absolute atomic E-state index is 10.6. The first-order valence-electron chi connectivity index (χ1n) is 5.06. The molecule has 1 aliphatic carbocycles. The fraction of sp³-hybridized carbons (Fsp3) is 0.300. The van der Waals surface area contributed by atoms with Crippen molar-refractivity contribution in [1.29, 1.82) is 0 Å². The second-order valence-corrected chi connectivity index (χ2v) is 3.83. The molecule has 16 heavy (non-hydrogen) atoms. The van der Waals surface area contributed by atoms with Crippen LogP contribution < -0.4 is 10.5 Å². The zero-order chi connectivity index (χ0) is 11.1. The number of carbonyl (C=O) groups is 1. The number of amides is 1. The largest absolute Gasteiger partial charge is 0.411 e. The van der Waals surface area contributed by atoms with Gasteiger partial charge < -0.3 is 10.5 Å². The van der Waals surface area contributed by atoms with Gasteiger partial charge >= 0.3 is 6.09 Å². The number of hydrogen-bond acceptors (Lipinski definition) is 4. The first kappa shape index (κ1) is 9.14. The van der Waals surface area contributed by atoms with Gasteiger partial charge in [0, 0.05) is 23.9 Å². The minimum absolute atomic E-state index is 0.174. The Kier molecular flexibility index (Phi) is 1.82. The summed E-state index contributed by atoms with van der Waals surface area (Å²) in [6.45, 7) is 0. The predicted molar refractivity (Wildman–Crippen MR) is 55.2 cm³/mol. The van der Waals surface area contributed by atoms with E-state index in [9.17, 15) is 4.79 Å². The van der Waals surface area contributed by atoms with Crippen molar-refractivity contribution in [2.45, 2.75) is 18.8 Å². The van der Waals surface area contributed by atoms with Gasteiger partial charge in [-0.25, -0.2) is 14.3 Å². The lowest BCUT2D eigenvalue weighted by Gasteiger charge is -1.96. The summed E-state index contributed by atoms with van der Waals surface area (Å²) in [5.41, 5.74) is 6.64. The van der Waals surface area contributed by atoms with E-state index in [1.165, 1.54) is 12.8 Å². The normalized spacial score (nSPS) is 15.2. The molecule has 6 nitrogen and oxygen atoms in total. The molecule has 6 heteroatoms. The quantitative estimate of drug-likeness (QED) is 0.817. The number of nitrogens with two attached hydrogens (primary N) is 1. The van der Waals surface area contributed by atoms with Gasteiger partial charge in [0.1, 0.15) is 0 Å². The molecular weight excluding hydrogens is 208 g/mol. The van der Waals surface area contributed by atoms with Crippen LogP contribution in [0.1, 0.15) is 24.5 Å². The van der Waals surface area contributed by atoms with E-state index in [1.54, 1.807) is 10.6 Å². The molecule has 0 spiro atoms. The Morgan fingerprint density at radius 2 is 2.38 bits per heavy atom. The van der Waals surface area contributed by atoms with Gasteiger partial charge in [0.15, 0.2) is 5.65 Å². The van der Waals surface area contributed by atoms with E-state index in [0.717, 1.165) is 5.69 Å². The summed E-state index contributed by atoms with van der Waals surface area (Å²) in [6.07, 6.45) is 3.33. The minimum Gasteiger partial charge on any atom is -0.390 e. The standard InChI is InChI=1S/C10H10N4O2/c11-10(15)16-9-5-8-12-7(6-1-2-6)3-4-14(8)13-9/h3-6H,1-2H2,(H2,11,15). The molecule has 2 heterocycles. The number of hydrogen-bond donors (Lipinski definition) is 1. The van der Waals surface area contributed by atoms with Crippen LogP contribution in [0, 0.1) is 0 Å². The van der Waals surface area contributed by atoms with Crippen LogP contribution in [-0.2, 0) is 0 Å². The summed E-state index contributed by atoms with van der Waals surface area (Å²) in [5.74, 6) is 0.758. The van der Waals surface area contributed by atoms with Crippen LogP contribution in [0.15, 0.2) is 18.3 Å². The number of ether oxygens (including phenoxy) is 1. The SMILES string of the molecule is NC(=O)Oc1cc2nc(C3CC3)ccn2n1. The smallest absolute Gasteiger partial charge is 0.390 e. The Morgan fingerprint density at radius 3 is 3.06 bits per heavy atom. The Hall–Kier alpha value is -2.11. The lowest BCUT2D eigenvalue weighted by Crippen LogP contribution is -2.16. The van der Waals surface area contributed by atoms with Crippen LogP contribution in [0.2, 0.25) is 0 Å². The van der Waals surface area contributed by atoms with E-state index in [1.807, 2.05) is 12.3 Å². The fourth-order valence-corrected chi connectivity index (χ4v) is 1.63. The van der Waals surface area contributed by atoms with E-state index in [-0.39, 0.29) is 5.88 Å². The molecule has 1 fully saturated rings. The fourth-order valence-electron chi connectivity index (χ4n) is 1.63. The predicted octanol–water partition coefficient (Wildman–Crippen LogP) is 1.06. The van der Waals surface area contributed by atoms with E-state index >= 15 is 0 Å². The van der Waals surface area contributed by atoms with Crippen LogP contribution in [0.4, 0.5) is 4.79 Å². The third kappa shape index (κ3) is 1.58. The van der Waals surface area contributed by atoms with Crippen molar-refractivity contribution in [1.82, 2.24) is 14.6 Å². The second-order valence-electron chi connectivity index (χ2n) is 3.83. The summed E-state index contributed by atoms with van der Waals surface area (Å²) in [4.78, 5) is 15.0. The number of carbonyl (C=O) groups excluding carboxylic acids is 1. The van der Waals surface area contributed by atoms with Gasteiger partial charge in [0.05, 0.1) is 0 Å². The summed E-state index contributed by atoms with van der Waals surface area (Å²) >= 11 is 0. The molecule has 0 aromatic carbocycles. The maximum atomic E-state index is 10.6. The Balaban J connectivity index is 1.99. The number of nitrogens with zero attached hydrogens (tertiary/aromatic N) is 3. The van der Waals surface area contributed by atoms with Gasteiger partial charge in [-0.1, -0.05) is 0 Å². The Labute approximate surface area is 91.0 Å². The number of primary amides is 1. The molecule has 2 N–H and O–H groups in total. The lowest BCUT2D eigenvalue weighted by molar-refractivity contribution is 0.209. The lowest BCUT2D eigenvalue weighted by atomic mass is 10.3. The number of fused-ring (bicyclic) bond motifs is 1. The molecule has 0 unspecified atom stereocenters. The van der Waals surface area contributed by atoms with E-state index in [0.29, 0.717) is 11.6 Å². The molecule has 2 aromatic rings. The Bertz CT molecular complexity index is 559. The topological polar surface area (TPSA) is 82.5 Å². The van der Waals surface area contributed by atoms with Crippen LogP contribution in [0.3, 0.4) is 0 Å². The average Bonchev–Trinajstić information content (AvgIpc) is 2.98. The van der Waals surface area contributed by atoms with Gasteiger partial charge in [0.25, 0.3) is 0 Å². The molecule has 82 valence electrons. The third-order valence-corrected chi connectivity index (χ3v) is 2.52. The first-order chi connectivity index (χ1) is 7.72. The van der Waals surface area contributed by atoms with Crippen LogP contribution in [0.25, 0.3) is 5.65 Å². The van der Waals surface area contributed by atoms with Crippen molar-refractivity contribution in [2.75, 3.05) is 0 Å². The van der Waals surface area contributed by atoms with Gasteiger partial charge in [-0.15, -0.1) is 5.10 Å². The highest BCUT2D eigenvalue weighted by atomic mass is 16.6. The zero-order valence-electron chi connectivity index (χ0n) is 8.46. The molecule has 1 amide bonds. The molecule has 1 saturated carbocycles. The minimum atomic E-state index is -0.870. The molecule has 0 aliphatic heterocycles. The van der Waals surface area contributed by atoms with Crippen molar-refractivity contribution >= 4 is 11.7 Å².